The molecule has 5 nitrogen and oxygen atoms in total. The number of benzene rings is 4. The van der Waals surface area contributed by atoms with Crippen molar-refractivity contribution >= 4 is 20.7 Å². The second-order valence-corrected chi connectivity index (χ2v) is 15.6. The van der Waals surface area contributed by atoms with Gasteiger partial charge < -0.3 is 0 Å². The average Bonchev–Trinajstić information content (AvgIpc) is 3.05. The van der Waals surface area contributed by atoms with Crippen molar-refractivity contribution in [2.24, 2.45) is 10.8 Å². The van der Waals surface area contributed by atoms with E-state index in [4.69, 9.17) is 0 Å². The van der Waals surface area contributed by atoms with Crippen LogP contribution in [0.3, 0.4) is 0 Å². The van der Waals surface area contributed by atoms with Crippen molar-refractivity contribution in [1.82, 2.24) is 19.6 Å². The Balaban J connectivity index is 1.19. The van der Waals surface area contributed by atoms with Gasteiger partial charge >= 0.3 is 276 Å². The number of carbonyl (C=O) groups excluding carboxylic acids is 1. The van der Waals surface area contributed by atoms with Gasteiger partial charge in [0, 0.05) is 0 Å². The Bertz CT molecular complexity index is 1320. The number of Topliss-reactive ketones (excluding diaryl/α,β-unsaturated/α-hetero) is 1. The maximum absolute atomic E-state index is 15.4. The van der Waals surface area contributed by atoms with E-state index in [0.29, 0.717) is 20.7 Å². The first-order chi connectivity index (χ1) is 22.1. The van der Waals surface area contributed by atoms with Crippen LogP contribution in [0.25, 0.3) is 0 Å². The van der Waals surface area contributed by atoms with Gasteiger partial charge in [0.15, 0.2) is 0 Å². The summed E-state index contributed by atoms with van der Waals surface area (Å²) in [6, 6.07) is 43.2. The fraction of sp³-hybridized carbons (Fsp3) is 0.359. The Hall–Kier alpha value is -3.09. The quantitative estimate of drug-likeness (QED) is 0.215. The zero-order valence-corrected chi connectivity index (χ0v) is 27.9. The molecule has 4 aromatic carbocycles. The molecule has 3 fully saturated rings. The van der Waals surface area contributed by atoms with Crippen molar-refractivity contribution < 1.29 is 4.79 Å². The molecule has 0 saturated carbocycles. The van der Waals surface area contributed by atoms with Gasteiger partial charge in [0.05, 0.1) is 0 Å². The first kappa shape index (κ1) is 30.6. The minimum atomic E-state index is -0.339. The molecule has 2 spiro atoms. The molecule has 0 amide bonds. The maximum atomic E-state index is 15.4. The van der Waals surface area contributed by atoms with E-state index in [1.807, 2.05) is 0 Å². The fourth-order valence-corrected chi connectivity index (χ4v) is 11.1. The van der Waals surface area contributed by atoms with Crippen LogP contribution in [0.4, 0.5) is 0 Å². The van der Waals surface area contributed by atoms with Gasteiger partial charge in [-0.25, -0.2) is 0 Å². The third-order valence-corrected chi connectivity index (χ3v) is 12.8. The number of hydrogen-bond acceptors (Lipinski definition) is 5. The summed E-state index contributed by atoms with van der Waals surface area (Å²) in [7, 11) is 0. The van der Waals surface area contributed by atoms with Crippen molar-refractivity contribution in [3.63, 3.8) is 0 Å². The van der Waals surface area contributed by atoms with Gasteiger partial charge in [-0.2, -0.15) is 0 Å². The van der Waals surface area contributed by atoms with Crippen LogP contribution in [-0.4, -0.2) is 79.9 Å². The second kappa shape index (κ2) is 13.7. The Morgan fingerprint density at radius 2 is 0.711 bits per heavy atom. The van der Waals surface area contributed by atoms with E-state index < -0.39 is 0 Å². The predicted molar refractivity (Wildman–Crippen MR) is 182 cm³/mol. The number of ketones is 1. The Morgan fingerprint density at radius 3 is 0.978 bits per heavy atom. The third-order valence-electron chi connectivity index (χ3n) is 9.62. The van der Waals surface area contributed by atoms with Crippen LogP contribution < -0.4 is 0 Å². The van der Waals surface area contributed by atoms with Crippen LogP contribution in [0.1, 0.15) is 22.3 Å². The third kappa shape index (κ3) is 7.17. The summed E-state index contributed by atoms with van der Waals surface area (Å²) < 4.78 is 0. The van der Waals surface area contributed by atoms with E-state index >= 15 is 4.79 Å². The normalized spacial score (nSPS) is 20.9. The van der Waals surface area contributed by atoms with Gasteiger partial charge in [0.2, 0.25) is 0 Å². The van der Waals surface area contributed by atoms with Crippen molar-refractivity contribution in [2.45, 2.75) is 36.8 Å². The monoisotopic (exact) mass is 664 g/mol. The molecule has 232 valence electrons. The van der Waals surface area contributed by atoms with E-state index in [1.165, 1.54) is 22.3 Å². The molecule has 7 rings (SSSR count). The van der Waals surface area contributed by atoms with Crippen LogP contribution >= 0.6 is 0 Å². The molecule has 3 aliphatic rings. The molecule has 0 unspecified atom stereocenters. The number of hydrogen-bond donors (Lipinski definition) is 0. The van der Waals surface area contributed by atoms with E-state index in [0.717, 1.165) is 76.3 Å². The minimum absolute atomic E-state index is 0.339. The molecule has 0 atom stereocenters. The summed E-state index contributed by atoms with van der Waals surface area (Å²) in [4.78, 5) is 25.6. The van der Waals surface area contributed by atoms with Crippen molar-refractivity contribution in [2.75, 3.05) is 39.5 Å². The summed E-state index contributed by atoms with van der Waals surface area (Å²) in [5.41, 5.74) is 4.59. The molecule has 6 heteroatoms. The predicted octanol–water partition coefficient (Wildman–Crippen LogP) is 6.03. The van der Waals surface area contributed by atoms with E-state index in [1.54, 1.807) is 0 Å². The van der Waals surface area contributed by atoms with Gasteiger partial charge in [0.1, 0.15) is 0 Å². The molecule has 45 heavy (non-hydrogen) atoms. The van der Waals surface area contributed by atoms with Gasteiger partial charge in [-0.1, -0.05) is 0 Å². The summed E-state index contributed by atoms with van der Waals surface area (Å²) in [6.45, 7) is 8.70. The topological polar surface area (TPSA) is 30.0 Å². The molecule has 3 heterocycles. The number of nitrogens with zero attached hydrogens (tertiary/aromatic N) is 4. The average molecular weight is 664 g/mol. The van der Waals surface area contributed by atoms with E-state index in [2.05, 4.69) is 141 Å². The molecule has 0 aromatic heterocycles. The Kier molecular flexibility index (Phi) is 9.32. The summed E-state index contributed by atoms with van der Waals surface area (Å²) in [6.07, 6.45) is 0. The number of carbonyl (C=O) groups is 1. The van der Waals surface area contributed by atoms with Crippen LogP contribution in [-0.2, 0) is 31.0 Å². The van der Waals surface area contributed by atoms with Crippen LogP contribution in [0.15, 0.2) is 121 Å². The molecule has 0 bridgehead atoms. The van der Waals surface area contributed by atoms with E-state index in [9.17, 15) is 0 Å². The van der Waals surface area contributed by atoms with Crippen LogP contribution in [0.5, 0.6) is 0 Å². The van der Waals surface area contributed by atoms with E-state index in [-0.39, 0.29) is 10.8 Å². The summed E-state index contributed by atoms with van der Waals surface area (Å²) >= 11 is 0.413. The first-order valence-electron chi connectivity index (χ1n) is 16.3. The van der Waals surface area contributed by atoms with Crippen molar-refractivity contribution in [3.8, 4) is 0 Å². The van der Waals surface area contributed by atoms with Crippen LogP contribution in [0.2, 0.25) is 10.6 Å². The zero-order valence-electron chi connectivity index (χ0n) is 26.1. The summed E-state index contributed by atoms with van der Waals surface area (Å²) in [5, 5.41) is 2.07. The molecular formula is C39H44N4OSe. The molecule has 4 aromatic rings. The van der Waals surface area contributed by atoms with Crippen molar-refractivity contribution in [3.05, 3.63) is 144 Å². The van der Waals surface area contributed by atoms with Gasteiger partial charge in [0.25, 0.3) is 0 Å². The molecule has 3 saturated heterocycles. The second-order valence-electron chi connectivity index (χ2n) is 13.6. The Labute approximate surface area is 275 Å². The molecule has 0 aliphatic carbocycles. The van der Waals surface area contributed by atoms with Crippen molar-refractivity contribution in [1.29, 1.82) is 0 Å². The molecular weight excluding hydrogens is 619 g/mol. The first-order valence-corrected chi connectivity index (χ1v) is 18.7. The Morgan fingerprint density at radius 1 is 0.444 bits per heavy atom. The molecule has 0 radical (unpaired) electrons. The fourth-order valence-electron chi connectivity index (χ4n) is 7.97. The number of rotatable bonds is 8. The molecule has 0 N–H and O–H groups in total. The van der Waals surface area contributed by atoms with Gasteiger partial charge in [-0.05, 0) is 0 Å². The van der Waals surface area contributed by atoms with Gasteiger partial charge in [-0.15, -0.1) is 0 Å². The molecule has 3 aliphatic heterocycles. The standard InChI is InChI=1S/C39H44N4OSe/c44-37-38(25-40(21-33-13-5-1-6-14-33)31-41(26-38)22-34-15-7-2-8-16-34)29-45-30-39(37)27-42(23-35-17-9-3-10-18-35)32-43(28-39)24-36-19-11-4-12-20-36/h1-20H,21-32H2. The SMILES string of the molecule is O=C1C2(C[Se]CC13CN(Cc1ccccc1)CN(Cc1ccccc1)C3)CN(Cc1ccccc1)CN(Cc1ccccc1)C2. The zero-order chi connectivity index (χ0) is 30.5. The van der Waals surface area contributed by atoms with Gasteiger partial charge in [-0.3, -0.25) is 0 Å². The van der Waals surface area contributed by atoms with Crippen LogP contribution in [0, 0.1) is 10.8 Å². The summed E-state index contributed by atoms with van der Waals surface area (Å²) in [5.74, 6) is 0.523.